The molecule has 0 fully saturated rings. The van der Waals surface area contributed by atoms with E-state index in [0.717, 1.165) is 50.0 Å². The van der Waals surface area contributed by atoms with Gasteiger partial charge in [-0.1, -0.05) is 74.7 Å². The first-order valence-corrected chi connectivity index (χ1v) is 10.7. The van der Waals surface area contributed by atoms with Gasteiger partial charge in [-0.25, -0.2) is 9.89 Å². The molecule has 3 rings (SSSR count). The minimum Gasteiger partial charge on any atom is -0.342 e. The van der Waals surface area contributed by atoms with Gasteiger partial charge in [0.25, 0.3) is 5.91 Å². The molecule has 2 aromatic rings. The number of guanidine groups is 1. The van der Waals surface area contributed by atoms with Gasteiger partial charge < -0.3 is 4.90 Å². The molecule has 1 heterocycles. The van der Waals surface area contributed by atoms with Crippen LogP contribution in [0.5, 0.6) is 0 Å². The predicted octanol–water partition coefficient (Wildman–Crippen LogP) is 5.99. The maximum atomic E-state index is 13.4. The molecule has 0 spiro atoms. The molecule has 29 heavy (non-hydrogen) atoms. The number of amides is 1. The van der Waals surface area contributed by atoms with Gasteiger partial charge in [0.1, 0.15) is 5.70 Å². The predicted molar refractivity (Wildman–Crippen MR) is 122 cm³/mol. The van der Waals surface area contributed by atoms with E-state index in [1.807, 2.05) is 60.7 Å². The lowest BCUT2D eigenvalue weighted by molar-refractivity contribution is -0.113. The summed E-state index contributed by atoms with van der Waals surface area (Å²) in [6.45, 7) is 6.10. The average molecular weight is 410 g/mol. The molecular formula is C24H28ClN3O. The van der Waals surface area contributed by atoms with Gasteiger partial charge in [0.15, 0.2) is 0 Å². The number of anilines is 1. The van der Waals surface area contributed by atoms with Gasteiger partial charge in [0.2, 0.25) is 5.96 Å². The maximum Gasteiger partial charge on any atom is 0.283 e. The van der Waals surface area contributed by atoms with Crippen molar-refractivity contribution in [3.63, 3.8) is 0 Å². The zero-order valence-electron chi connectivity index (χ0n) is 17.1. The van der Waals surface area contributed by atoms with Gasteiger partial charge in [0, 0.05) is 18.1 Å². The third kappa shape index (κ3) is 5.27. The van der Waals surface area contributed by atoms with Crippen LogP contribution in [0.2, 0.25) is 5.02 Å². The fourth-order valence-electron chi connectivity index (χ4n) is 3.28. The Morgan fingerprint density at radius 2 is 1.69 bits per heavy atom. The number of carbonyl (C=O) groups is 1. The minimum atomic E-state index is -0.121. The Kier molecular flexibility index (Phi) is 7.48. The van der Waals surface area contributed by atoms with Crippen LogP contribution in [0, 0.1) is 0 Å². The van der Waals surface area contributed by atoms with Crippen molar-refractivity contribution in [3.8, 4) is 0 Å². The van der Waals surface area contributed by atoms with Crippen LogP contribution in [-0.4, -0.2) is 29.9 Å². The van der Waals surface area contributed by atoms with Crippen molar-refractivity contribution < 1.29 is 4.79 Å². The summed E-state index contributed by atoms with van der Waals surface area (Å²) in [6, 6.07) is 17.2. The van der Waals surface area contributed by atoms with Crippen LogP contribution >= 0.6 is 11.6 Å². The Bertz CT molecular complexity index is 884. The van der Waals surface area contributed by atoms with E-state index >= 15 is 0 Å². The summed E-state index contributed by atoms with van der Waals surface area (Å²) < 4.78 is 0. The van der Waals surface area contributed by atoms with E-state index in [-0.39, 0.29) is 5.91 Å². The number of rotatable bonds is 8. The van der Waals surface area contributed by atoms with Gasteiger partial charge in [-0.3, -0.25) is 4.79 Å². The van der Waals surface area contributed by atoms with E-state index in [4.69, 9.17) is 16.6 Å². The van der Waals surface area contributed by atoms with Crippen molar-refractivity contribution >= 4 is 35.2 Å². The Morgan fingerprint density at radius 3 is 2.31 bits per heavy atom. The van der Waals surface area contributed by atoms with Crippen LogP contribution in [0.1, 0.15) is 45.1 Å². The summed E-state index contributed by atoms with van der Waals surface area (Å²) >= 11 is 6.23. The number of hydrogen-bond donors (Lipinski definition) is 0. The summed E-state index contributed by atoms with van der Waals surface area (Å²) in [4.78, 5) is 22.1. The second-order valence-electron chi connectivity index (χ2n) is 7.17. The van der Waals surface area contributed by atoms with Crippen molar-refractivity contribution in [2.45, 2.75) is 39.5 Å². The minimum absolute atomic E-state index is 0.121. The molecular weight excluding hydrogens is 382 g/mol. The zero-order valence-corrected chi connectivity index (χ0v) is 17.9. The lowest BCUT2D eigenvalue weighted by Crippen LogP contribution is -2.45. The quantitative estimate of drug-likeness (QED) is 0.502. The van der Waals surface area contributed by atoms with Crippen molar-refractivity contribution in [2.75, 3.05) is 18.0 Å². The SMILES string of the molecule is CCCCN(CCCC)C1=N/C(=C\c2ccccc2)C(=O)N1c1cccc(Cl)c1. The van der Waals surface area contributed by atoms with E-state index in [0.29, 0.717) is 16.7 Å². The number of hydrogen-bond acceptors (Lipinski definition) is 3. The first-order chi connectivity index (χ1) is 14.1. The Hall–Kier alpha value is -2.59. The van der Waals surface area contributed by atoms with Gasteiger partial charge >= 0.3 is 0 Å². The number of aliphatic imine (C=N–C) groups is 1. The Balaban J connectivity index is 2.03. The van der Waals surface area contributed by atoms with Crippen molar-refractivity contribution in [1.29, 1.82) is 0 Å². The summed E-state index contributed by atoms with van der Waals surface area (Å²) in [5.74, 6) is 0.575. The molecule has 1 aliphatic heterocycles. The molecule has 0 saturated carbocycles. The van der Waals surface area contributed by atoms with Gasteiger partial charge in [-0.05, 0) is 42.7 Å². The molecule has 2 aromatic carbocycles. The molecule has 1 aliphatic rings. The summed E-state index contributed by atoms with van der Waals surface area (Å²) in [5, 5.41) is 0.601. The van der Waals surface area contributed by atoms with Crippen LogP contribution < -0.4 is 4.90 Å². The molecule has 152 valence electrons. The monoisotopic (exact) mass is 409 g/mol. The Labute approximate surface area is 178 Å². The van der Waals surface area contributed by atoms with Crippen LogP contribution in [0.4, 0.5) is 5.69 Å². The maximum absolute atomic E-state index is 13.4. The van der Waals surface area contributed by atoms with Gasteiger partial charge in [0.05, 0.1) is 5.69 Å². The average Bonchev–Trinajstić information content (AvgIpc) is 3.05. The Morgan fingerprint density at radius 1 is 1.00 bits per heavy atom. The number of carbonyl (C=O) groups excluding carboxylic acids is 1. The molecule has 0 saturated heterocycles. The van der Waals surface area contributed by atoms with Crippen LogP contribution in [-0.2, 0) is 4.79 Å². The van der Waals surface area contributed by atoms with Crippen molar-refractivity contribution in [2.24, 2.45) is 4.99 Å². The van der Waals surface area contributed by atoms with Crippen LogP contribution in [0.25, 0.3) is 6.08 Å². The third-order valence-electron chi connectivity index (χ3n) is 4.86. The van der Waals surface area contributed by atoms with Crippen molar-refractivity contribution in [3.05, 3.63) is 70.9 Å². The van der Waals surface area contributed by atoms with Crippen LogP contribution in [0.15, 0.2) is 65.3 Å². The highest BCUT2D eigenvalue weighted by Gasteiger charge is 2.34. The van der Waals surface area contributed by atoms with Gasteiger partial charge in [-0.15, -0.1) is 0 Å². The fourth-order valence-corrected chi connectivity index (χ4v) is 3.47. The summed E-state index contributed by atoms with van der Waals surface area (Å²) in [5.41, 5.74) is 2.15. The molecule has 0 atom stereocenters. The van der Waals surface area contributed by atoms with Gasteiger partial charge in [-0.2, -0.15) is 0 Å². The standard InChI is InChI=1S/C24H28ClN3O/c1-3-5-15-27(16-6-4-2)24-26-22(17-19-11-8-7-9-12-19)23(29)28(24)21-14-10-13-20(25)18-21/h7-14,17-18H,3-6,15-16H2,1-2H3/b22-17-. The molecule has 0 N–H and O–H groups in total. The lowest BCUT2D eigenvalue weighted by atomic mass is 10.2. The molecule has 0 radical (unpaired) electrons. The van der Waals surface area contributed by atoms with E-state index in [1.165, 1.54) is 0 Å². The molecule has 0 bridgehead atoms. The second-order valence-corrected chi connectivity index (χ2v) is 7.60. The summed E-state index contributed by atoms with van der Waals surface area (Å²) in [6.07, 6.45) is 6.14. The van der Waals surface area contributed by atoms with Crippen molar-refractivity contribution in [1.82, 2.24) is 4.90 Å². The molecule has 1 amide bonds. The second kappa shape index (κ2) is 10.3. The highest BCUT2D eigenvalue weighted by molar-refractivity contribution is 6.32. The van der Waals surface area contributed by atoms with E-state index in [1.54, 1.807) is 4.90 Å². The first-order valence-electron chi connectivity index (χ1n) is 10.3. The molecule has 4 nitrogen and oxygen atoms in total. The summed E-state index contributed by atoms with van der Waals surface area (Å²) in [7, 11) is 0. The largest absolute Gasteiger partial charge is 0.342 e. The lowest BCUT2D eigenvalue weighted by Gasteiger charge is -2.29. The highest BCUT2D eigenvalue weighted by Crippen LogP contribution is 2.28. The molecule has 5 heteroatoms. The molecule has 0 aromatic heterocycles. The van der Waals surface area contributed by atoms with E-state index < -0.39 is 0 Å². The zero-order chi connectivity index (χ0) is 20.6. The first kappa shape index (κ1) is 21.1. The topological polar surface area (TPSA) is 35.9 Å². The normalized spacial score (nSPS) is 15.1. The molecule has 0 unspecified atom stereocenters. The third-order valence-corrected chi connectivity index (χ3v) is 5.09. The molecule has 0 aliphatic carbocycles. The highest BCUT2D eigenvalue weighted by atomic mass is 35.5. The fraction of sp³-hybridized carbons (Fsp3) is 0.333. The smallest absolute Gasteiger partial charge is 0.283 e. The van der Waals surface area contributed by atoms with Crippen LogP contribution in [0.3, 0.4) is 0 Å². The van der Waals surface area contributed by atoms with E-state index in [9.17, 15) is 4.79 Å². The number of benzene rings is 2. The number of nitrogens with zero attached hydrogens (tertiary/aromatic N) is 3. The number of halogens is 1. The number of unbranched alkanes of at least 4 members (excludes halogenated alkanes) is 2. The van der Waals surface area contributed by atoms with E-state index in [2.05, 4.69) is 18.7 Å².